The normalized spacial score (nSPS) is 47.1. The van der Waals surface area contributed by atoms with Crippen molar-refractivity contribution in [2.75, 3.05) is 6.61 Å². The van der Waals surface area contributed by atoms with Gasteiger partial charge in [0.2, 0.25) is 0 Å². The standard InChI is InChI=1S/C21H26O5/c1-20-6-5-12(23)7-11(20)3-4-13-14-8-15(24)19(17(26)10-22)21(14,2)9-16(25)18(13)20/h5-7,13-14,16,18-19,22,25H,3-4,8-10H2,1-2H3/t13-,14-,16-,18+,19+,20-,21-/m0/s1. The molecule has 4 rings (SSSR count). The van der Waals surface area contributed by atoms with Gasteiger partial charge in [-0.15, -0.1) is 0 Å². The molecule has 0 saturated heterocycles. The molecule has 5 heteroatoms. The van der Waals surface area contributed by atoms with Crippen molar-refractivity contribution < 1.29 is 24.6 Å². The summed E-state index contributed by atoms with van der Waals surface area (Å²) < 4.78 is 0. The van der Waals surface area contributed by atoms with Crippen LogP contribution in [0.2, 0.25) is 0 Å². The van der Waals surface area contributed by atoms with Gasteiger partial charge in [0, 0.05) is 17.8 Å². The van der Waals surface area contributed by atoms with E-state index < -0.39 is 29.8 Å². The molecule has 3 fully saturated rings. The highest BCUT2D eigenvalue weighted by Gasteiger charge is 2.64. The van der Waals surface area contributed by atoms with Crippen LogP contribution in [0.4, 0.5) is 0 Å². The lowest BCUT2D eigenvalue weighted by atomic mass is 9.46. The third-order valence-corrected chi connectivity index (χ3v) is 7.81. The highest BCUT2D eigenvalue weighted by Crippen LogP contribution is 2.65. The van der Waals surface area contributed by atoms with Crippen molar-refractivity contribution in [3.63, 3.8) is 0 Å². The first kappa shape index (κ1) is 17.8. The van der Waals surface area contributed by atoms with Crippen LogP contribution >= 0.6 is 0 Å². The summed E-state index contributed by atoms with van der Waals surface area (Å²) in [5.74, 6) is -1.21. The Morgan fingerprint density at radius 2 is 2.04 bits per heavy atom. The molecule has 7 atom stereocenters. The fourth-order valence-corrected chi connectivity index (χ4v) is 6.76. The molecule has 0 spiro atoms. The minimum Gasteiger partial charge on any atom is -0.393 e. The van der Waals surface area contributed by atoms with Crippen LogP contribution in [-0.2, 0) is 14.4 Å². The Kier molecular flexibility index (Phi) is 3.90. The SMILES string of the molecule is C[C@]12C[C@H](O)[C@H]3[C@@H](CCC4=CC(=O)C=C[C@@]43C)[C@@H]1CC(=O)[C@@H]2C(=O)CO. The van der Waals surface area contributed by atoms with Crippen LogP contribution in [0.1, 0.15) is 39.5 Å². The Morgan fingerprint density at radius 3 is 2.73 bits per heavy atom. The predicted molar refractivity (Wildman–Crippen MR) is 94.0 cm³/mol. The van der Waals surface area contributed by atoms with Crippen LogP contribution in [0.15, 0.2) is 23.8 Å². The molecule has 0 aromatic carbocycles. The number of rotatable bonds is 2. The van der Waals surface area contributed by atoms with E-state index in [-0.39, 0.29) is 34.7 Å². The summed E-state index contributed by atoms with van der Waals surface area (Å²) in [4.78, 5) is 36.7. The van der Waals surface area contributed by atoms with Crippen LogP contribution in [0, 0.1) is 34.5 Å². The van der Waals surface area contributed by atoms with Crippen molar-refractivity contribution in [1.82, 2.24) is 0 Å². The summed E-state index contributed by atoms with van der Waals surface area (Å²) >= 11 is 0. The van der Waals surface area contributed by atoms with E-state index in [1.165, 1.54) is 0 Å². The van der Waals surface area contributed by atoms with E-state index in [9.17, 15) is 24.6 Å². The summed E-state index contributed by atoms with van der Waals surface area (Å²) in [5, 5.41) is 20.4. The van der Waals surface area contributed by atoms with Crippen molar-refractivity contribution in [1.29, 1.82) is 0 Å². The molecule has 4 aliphatic rings. The van der Waals surface area contributed by atoms with Crippen LogP contribution in [-0.4, -0.2) is 40.3 Å². The van der Waals surface area contributed by atoms with Gasteiger partial charge in [-0.3, -0.25) is 14.4 Å². The smallest absolute Gasteiger partial charge is 0.178 e. The number of Topliss-reactive ketones (excluding diaryl/α,β-unsaturated/α-hetero) is 2. The average molecular weight is 358 g/mol. The van der Waals surface area contributed by atoms with Gasteiger partial charge in [0.05, 0.1) is 12.0 Å². The van der Waals surface area contributed by atoms with Gasteiger partial charge < -0.3 is 10.2 Å². The third-order valence-electron chi connectivity index (χ3n) is 7.81. The van der Waals surface area contributed by atoms with E-state index in [1.807, 2.05) is 13.0 Å². The number of fused-ring (bicyclic) bond motifs is 5. The second kappa shape index (κ2) is 5.70. The number of carbonyl (C=O) groups is 3. The monoisotopic (exact) mass is 358 g/mol. The van der Waals surface area contributed by atoms with Crippen molar-refractivity contribution in [3.8, 4) is 0 Å². The molecule has 0 aromatic heterocycles. The highest BCUT2D eigenvalue weighted by atomic mass is 16.3. The number of aliphatic hydroxyl groups excluding tert-OH is 2. The molecule has 26 heavy (non-hydrogen) atoms. The van der Waals surface area contributed by atoms with Crippen molar-refractivity contribution in [2.24, 2.45) is 34.5 Å². The van der Waals surface area contributed by atoms with Gasteiger partial charge in [-0.25, -0.2) is 0 Å². The number of hydrogen-bond acceptors (Lipinski definition) is 5. The summed E-state index contributed by atoms with van der Waals surface area (Å²) in [6.07, 6.45) is 6.90. The number of hydrogen-bond donors (Lipinski definition) is 2. The van der Waals surface area contributed by atoms with E-state index in [0.29, 0.717) is 12.8 Å². The van der Waals surface area contributed by atoms with Crippen LogP contribution in [0.25, 0.3) is 0 Å². The maximum Gasteiger partial charge on any atom is 0.178 e. The quantitative estimate of drug-likeness (QED) is 0.732. The first-order valence-corrected chi connectivity index (χ1v) is 9.51. The van der Waals surface area contributed by atoms with Crippen molar-refractivity contribution >= 4 is 17.3 Å². The minimum absolute atomic E-state index is 0.00397. The Labute approximate surface area is 153 Å². The van der Waals surface area contributed by atoms with Gasteiger partial charge in [0.1, 0.15) is 12.4 Å². The second-order valence-electron chi connectivity index (χ2n) is 9.03. The molecule has 0 amide bonds. The molecule has 0 aliphatic heterocycles. The molecule has 0 radical (unpaired) electrons. The molecule has 0 bridgehead atoms. The van der Waals surface area contributed by atoms with Crippen molar-refractivity contribution in [2.45, 2.75) is 45.6 Å². The van der Waals surface area contributed by atoms with E-state index in [0.717, 1.165) is 18.4 Å². The van der Waals surface area contributed by atoms with E-state index in [1.54, 1.807) is 12.2 Å². The Bertz CT molecular complexity index is 750. The zero-order valence-electron chi connectivity index (χ0n) is 15.3. The average Bonchev–Trinajstić information content (AvgIpc) is 2.84. The lowest BCUT2D eigenvalue weighted by molar-refractivity contribution is -0.144. The third kappa shape index (κ3) is 2.20. The fourth-order valence-electron chi connectivity index (χ4n) is 6.76. The largest absolute Gasteiger partial charge is 0.393 e. The molecule has 2 N–H and O–H groups in total. The van der Waals surface area contributed by atoms with Crippen molar-refractivity contribution in [3.05, 3.63) is 23.8 Å². The van der Waals surface area contributed by atoms with Gasteiger partial charge in [0.25, 0.3) is 0 Å². The Balaban J connectivity index is 1.75. The number of allylic oxidation sites excluding steroid dienone is 4. The topological polar surface area (TPSA) is 91.7 Å². The lowest BCUT2D eigenvalue weighted by Crippen LogP contribution is -2.56. The van der Waals surface area contributed by atoms with Crippen LogP contribution in [0.5, 0.6) is 0 Å². The predicted octanol–water partition coefficient (Wildman–Crippen LogP) is 1.62. The van der Waals surface area contributed by atoms with Gasteiger partial charge >= 0.3 is 0 Å². The molecule has 4 aliphatic carbocycles. The maximum atomic E-state index is 12.6. The van der Waals surface area contributed by atoms with Crippen LogP contribution < -0.4 is 0 Å². The maximum absolute atomic E-state index is 12.6. The molecular formula is C21H26O5. The van der Waals surface area contributed by atoms with Crippen LogP contribution in [0.3, 0.4) is 0 Å². The summed E-state index contributed by atoms with van der Waals surface area (Å²) in [6, 6.07) is 0. The van der Waals surface area contributed by atoms with E-state index in [4.69, 9.17) is 0 Å². The molecular weight excluding hydrogens is 332 g/mol. The number of carbonyl (C=O) groups excluding carboxylic acids is 3. The van der Waals surface area contributed by atoms with Gasteiger partial charge in [-0.05, 0) is 48.7 Å². The van der Waals surface area contributed by atoms with E-state index in [2.05, 4.69) is 6.92 Å². The lowest BCUT2D eigenvalue weighted by Gasteiger charge is -2.58. The zero-order valence-corrected chi connectivity index (χ0v) is 15.3. The second-order valence-corrected chi connectivity index (χ2v) is 9.03. The Hall–Kier alpha value is -1.59. The Morgan fingerprint density at radius 1 is 1.31 bits per heavy atom. The summed E-state index contributed by atoms with van der Waals surface area (Å²) in [7, 11) is 0. The fraction of sp³-hybridized carbons (Fsp3) is 0.667. The molecule has 0 aromatic rings. The molecule has 3 saturated carbocycles. The van der Waals surface area contributed by atoms with Gasteiger partial charge in [0.15, 0.2) is 11.6 Å². The molecule has 0 heterocycles. The molecule has 0 unspecified atom stereocenters. The molecule has 140 valence electrons. The highest BCUT2D eigenvalue weighted by molar-refractivity contribution is 6.05. The first-order valence-electron chi connectivity index (χ1n) is 9.51. The minimum atomic E-state index is -0.804. The number of aliphatic hydroxyl groups is 2. The summed E-state index contributed by atoms with van der Waals surface area (Å²) in [6.45, 7) is 3.39. The van der Waals surface area contributed by atoms with Gasteiger partial charge in [-0.2, -0.15) is 0 Å². The zero-order chi connectivity index (χ0) is 18.9. The van der Waals surface area contributed by atoms with Gasteiger partial charge in [-0.1, -0.05) is 25.5 Å². The summed E-state index contributed by atoms with van der Waals surface area (Å²) in [5.41, 5.74) is 0.101. The molecule has 5 nitrogen and oxygen atoms in total. The van der Waals surface area contributed by atoms with E-state index >= 15 is 0 Å². The number of ketones is 3. The first-order chi connectivity index (χ1) is 12.2.